The van der Waals surface area contributed by atoms with Gasteiger partial charge in [0.25, 0.3) is 0 Å². The van der Waals surface area contributed by atoms with Crippen molar-refractivity contribution in [3.8, 4) is 0 Å². The molecule has 0 spiro atoms. The fraction of sp³-hybridized carbons (Fsp3) is 0.471. The van der Waals surface area contributed by atoms with Crippen molar-refractivity contribution < 1.29 is 0 Å². The molecule has 3 aliphatic rings. The smallest absolute Gasteiger partial charge is 0.0685 e. The highest BCUT2D eigenvalue weighted by Crippen LogP contribution is 2.18. The van der Waals surface area contributed by atoms with Gasteiger partial charge in [-0.15, -0.1) is 0 Å². The molecule has 0 aromatic carbocycles. The van der Waals surface area contributed by atoms with Gasteiger partial charge in [0.1, 0.15) is 0 Å². The monoisotopic (exact) mass is 299 g/mol. The fourth-order valence-corrected chi connectivity index (χ4v) is 3.26. The van der Waals surface area contributed by atoms with Gasteiger partial charge in [-0.05, 0) is 25.7 Å². The van der Waals surface area contributed by atoms with E-state index in [1.807, 2.05) is 18.5 Å². The van der Waals surface area contributed by atoms with Crippen LogP contribution in [0.3, 0.4) is 0 Å². The average Bonchev–Trinajstić information content (AvgIpc) is 2.55. The minimum Gasteiger partial charge on any atom is -0.388 e. The van der Waals surface area contributed by atoms with Gasteiger partial charge >= 0.3 is 0 Å². The van der Waals surface area contributed by atoms with Crippen LogP contribution in [0, 0.1) is 5.41 Å². The average molecular weight is 299 g/mol. The van der Waals surface area contributed by atoms with Crippen molar-refractivity contribution in [1.29, 1.82) is 5.41 Å². The molecule has 0 aromatic rings. The third-order valence-corrected chi connectivity index (χ3v) is 4.53. The summed E-state index contributed by atoms with van der Waals surface area (Å²) in [6.07, 6.45) is 18.1. The van der Waals surface area contributed by atoms with Crippen molar-refractivity contribution in [2.24, 2.45) is 5.73 Å². The minimum atomic E-state index is 0.233. The highest BCUT2D eigenvalue weighted by Gasteiger charge is 2.23. The van der Waals surface area contributed by atoms with Gasteiger partial charge in [-0.1, -0.05) is 24.3 Å². The van der Waals surface area contributed by atoms with Crippen LogP contribution >= 0.6 is 0 Å². The molecule has 0 radical (unpaired) electrons. The summed E-state index contributed by atoms with van der Waals surface area (Å²) in [6.45, 7) is 0. The summed E-state index contributed by atoms with van der Waals surface area (Å²) in [5.74, 6) is 0. The van der Waals surface area contributed by atoms with Gasteiger partial charge in [-0.25, -0.2) is 0 Å². The van der Waals surface area contributed by atoms with Crippen LogP contribution < -0.4 is 21.7 Å². The molecule has 1 saturated carbocycles. The van der Waals surface area contributed by atoms with Crippen molar-refractivity contribution in [2.75, 3.05) is 0 Å². The first-order chi connectivity index (χ1) is 10.8. The van der Waals surface area contributed by atoms with Crippen LogP contribution in [0.5, 0.6) is 0 Å². The molecular weight excluding hydrogens is 274 g/mol. The molecule has 4 unspecified atom stereocenters. The molecule has 1 heterocycles. The lowest BCUT2D eigenvalue weighted by Crippen LogP contribution is -2.49. The maximum absolute atomic E-state index is 7.69. The second kappa shape index (κ2) is 6.83. The van der Waals surface area contributed by atoms with Crippen molar-refractivity contribution in [1.82, 2.24) is 16.0 Å². The molecule has 5 nitrogen and oxygen atoms in total. The molecule has 118 valence electrons. The highest BCUT2D eigenvalue weighted by atomic mass is 15.1. The Morgan fingerprint density at radius 2 is 2.09 bits per heavy atom. The zero-order chi connectivity index (χ0) is 15.4. The third kappa shape index (κ3) is 3.42. The molecule has 4 atom stereocenters. The van der Waals surface area contributed by atoms with E-state index in [-0.39, 0.29) is 12.1 Å². The molecule has 5 heteroatoms. The van der Waals surface area contributed by atoms with Crippen LogP contribution in [0.25, 0.3) is 0 Å². The van der Waals surface area contributed by atoms with E-state index < -0.39 is 0 Å². The van der Waals surface area contributed by atoms with E-state index >= 15 is 0 Å². The predicted molar refractivity (Wildman–Crippen MR) is 90.4 cm³/mol. The van der Waals surface area contributed by atoms with Crippen LogP contribution in [-0.2, 0) is 0 Å². The lowest BCUT2D eigenvalue weighted by atomic mass is 9.92. The van der Waals surface area contributed by atoms with Crippen LogP contribution in [0.1, 0.15) is 25.7 Å². The van der Waals surface area contributed by atoms with Crippen molar-refractivity contribution in [2.45, 2.75) is 49.9 Å². The first kappa shape index (κ1) is 14.9. The summed E-state index contributed by atoms with van der Waals surface area (Å²) < 4.78 is 0. The van der Waals surface area contributed by atoms with Gasteiger partial charge in [0, 0.05) is 36.3 Å². The third-order valence-electron chi connectivity index (χ3n) is 4.53. The summed E-state index contributed by atoms with van der Waals surface area (Å²) in [5.41, 5.74) is 7.83. The second-order valence-electron chi connectivity index (χ2n) is 6.22. The summed E-state index contributed by atoms with van der Waals surface area (Å²) >= 11 is 0. The van der Waals surface area contributed by atoms with Gasteiger partial charge in [0.15, 0.2) is 0 Å². The zero-order valence-corrected chi connectivity index (χ0v) is 12.8. The predicted octanol–water partition coefficient (Wildman–Crippen LogP) is 1.28. The Labute approximate surface area is 131 Å². The molecule has 2 aliphatic carbocycles. The van der Waals surface area contributed by atoms with Gasteiger partial charge in [-0.3, -0.25) is 0 Å². The number of fused-ring (bicyclic) bond motifs is 1. The summed E-state index contributed by atoms with van der Waals surface area (Å²) in [7, 11) is 0. The Hall–Kier alpha value is -2.01. The molecular formula is C17H25N5. The number of allylic oxidation sites excluding steroid dienone is 3. The molecule has 22 heavy (non-hydrogen) atoms. The lowest BCUT2D eigenvalue weighted by molar-refractivity contribution is 0.363. The van der Waals surface area contributed by atoms with Crippen LogP contribution in [0.4, 0.5) is 0 Å². The van der Waals surface area contributed by atoms with Gasteiger partial charge in [-0.2, -0.15) is 0 Å². The number of hydrogen-bond donors (Lipinski definition) is 5. The van der Waals surface area contributed by atoms with E-state index in [0.717, 1.165) is 30.5 Å². The second-order valence-corrected chi connectivity index (χ2v) is 6.22. The Kier molecular flexibility index (Phi) is 4.63. The normalized spacial score (nSPS) is 34.0. The van der Waals surface area contributed by atoms with E-state index in [1.165, 1.54) is 12.6 Å². The Bertz CT molecular complexity index is 531. The summed E-state index contributed by atoms with van der Waals surface area (Å²) in [6, 6.07) is 1.24. The largest absolute Gasteiger partial charge is 0.388 e. The maximum Gasteiger partial charge on any atom is 0.0685 e. The molecule has 3 rings (SSSR count). The van der Waals surface area contributed by atoms with Gasteiger partial charge in [0.2, 0.25) is 0 Å². The van der Waals surface area contributed by atoms with E-state index in [9.17, 15) is 0 Å². The Balaban J connectivity index is 1.64. The Morgan fingerprint density at radius 3 is 2.86 bits per heavy atom. The van der Waals surface area contributed by atoms with E-state index in [1.54, 1.807) is 0 Å². The van der Waals surface area contributed by atoms with Crippen molar-refractivity contribution in [3.63, 3.8) is 0 Å². The maximum atomic E-state index is 7.69. The molecule has 0 saturated heterocycles. The SMILES string of the molecule is N=C/C(=C\NC1CCCC(N)C1)C1=CNC2C=CC=CC2N1. The first-order valence-electron chi connectivity index (χ1n) is 8.06. The van der Waals surface area contributed by atoms with E-state index in [4.69, 9.17) is 11.1 Å². The van der Waals surface area contributed by atoms with Crippen molar-refractivity contribution in [3.05, 3.63) is 48.0 Å². The zero-order valence-electron chi connectivity index (χ0n) is 12.8. The molecule has 1 fully saturated rings. The number of nitrogens with one attached hydrogen (secondary N) is 4. The fourth-order valence-electron chi connectivity index (χ4n) is 3.26. The molecule has 0 amide bonds. The van der Waals surface area contributed by atoms with E-state index in [2.05, 4.69) is 34.2 Å². The number of hydrogen-bond acceptors (Lipinski definition) is 5. The number of rotatable bonds is 4. The van der Waals surface area contributed by atoms with Crippen LogP contribution in [0.2, 0.25) is 0 Å². The summed E-state index contributed by atoms with van der Waals surface area (Å²) in [5, 5.41) is 18.0. The van der Waals surface area contributed by atoms with Crippen LogP contribution in [0.15, 0.2) is 48.0 Å². The summed E-state index contributed by atoms with van der Waals surface area (Å²) in [4.78, 5) is 0. The van der Waals surface area contributed by atoms with Crippen LogP contribution in [-0.4, -0.2) is 30.4 Å². The standard InChI is InChI=1S/C17H25N5/c18-9-12(10-20-14-5-3-4-13(19)8-14)17-11-21-15-6-1-2-7-16(15)22-17/h1-2,6-7,9-11,13-16,18,20-22H,3-5,8,19H2/b12-10+,18-9?. The molecule has 1 aliphatic heterocycles. The molecule has 0 aromatic heterocycles. The van der Waals surface area contributed by atoms with Crippen molar-refractivity contribution >= 4 is 6.21 Å². The van der Waals surface area contributed by atoms with Gasteiger partial charge < -0.3 is 27.1 Å². The highest BCUT2D eigenvalue weighted by molar-refractivity contribution is 5.82. The lowest BCUT2D eigenvalue weighted by Gasteiger charge is -2.32. The topological polar surface area (TPSA) is 86.0 Å². The van der Waals surface area contributed by atoms with E-state index in [0.29, 0.717) is 12.1 Å². The molecule has 0 bridgehead atoms. The molecule has 6 N–H and O–H groups in total. The quantitative estimate of drug-likeness (QED) is 0.506. The Morgan fingerprint density at radius 1 is 1.27 bits per heavy atom. The minimum absolute atomic E-state index is 0.233. The van der Waals surface area contributed by atoms with Gasteiger partial charge in [0.05, 0.1) is 17.8 Å². The number of nitrogens with two attached hydrogens (primary N) is 1. The first-order valence-corrected chi connectivity index (χ1v) is 8.06.